The molecule has 0 aliphatic carbocycles. The number of nitrogens with zero attached hydrogens (tertiary/aromatic N) is 1. The van der Waals surface area contributed by atoms with Gasteiger partial charge in [-0.15, -0.1) is 0 Å². The van der Waals surface area contributed by atoms with Crippen LogP contribution in [0.1, 0.15) is 32.3 Å². The SMILES string of the molecule is CCc1ccccc1NC(=O)C(=O)N(CC)C[C@H]1CCCO1. The third kappa shape index (κ3) is 4.07. The minimum absolute atomic E-state index is 0.0552. The zero-order valence-electron chi connectivity index (χ0n) is 13.3. The molecule has 1 saturated heterocycles. The highest BCUT2D eigenvalue weighted by Gasteiger charge is 2.26. The summed E-state index contributed by atoms with van der Waals surface area (Å²) in [7, 11) is 0. The van der Waals surface area contributed by atoms with Gasteiger partial charge in [0.25, 0.3) is 0 Å². The van der Waals surface area contributed by atoms with Gasteiger partial charge in [-0.3, -0.25) is 9.59 Å². The van der Waals surface area contributed by atoms with Gasteiger partial charge in [0.05, 0.1) is 6.10 Å². The Labute approximate surface area is 131 Å². The van der Waals surface area contributed by atoms with Gasteiger partial charge in [0.15, 0.2) is 0 Å². The average molecular weight is 304 g/mol. The molecule has 5 nitrogen and oxygen atoms in total. The number of amides is 2. The maximum Gasteiger partial charge on any atom is 0.313 e. The van der Waals surface area contributed by atoms with Crippen LogP contribution in [0.4, 0.5) is 5.69 Å². The summed E-state index contributed by atoms with van der Waals surface area (Å²) in [6.45, 7) is 5.62. The van der Waals surface area contributed by atoms with Crippen molar-refractivity contribution in [1.29, 1.82) is 0 Å². The van der Waals surface area contributed by atoms with Crippen molar-refractivity contribution in [2.75, 3.05) is 25.0 Å². The molecule has 120 valence electrons. The number of aryl methyl sites for hydroxylation is 1. The van der Waals surface area contributed by atoms with E-state index in [4.69, 9.17) is 4.74 Å². The zero-order chi connectivity index (χ0) is 15.9. The van der Waals surface area contributed by atoms with E-state index in [0.717, 1.165) is 31.4 Å². The van der Waals surface area contributed by atoms with Crippen molar-refractivity contribution in [3.63, 3.8) is 0 Å². The number of ether oxygens (including phenoxy) is 1. The van der Waals surface area contributed by atoms with Gasteiger partial charge in [0.1, 0.15) is 0 Å². The molecule has 0 aromatic heterocycles. The topological polar surface area (TPSA) is 58.6 Å². The smallest absolute Gasteiger partial charge is 0.313 e. The lowest BCUT2D eigenvalue weighted by Gasteiger charge is -2.23. The highest BCUT2D eigenvalue weighted by atomic mass is 16.5. The van der Waals surface area contributed by atoms with E-state index in [2.05, 4.69) is 5.32 Å². The van der Waals surface area contributed by atoms with Crippen LogP contribution in [0.5, 0.6) is 0 Å². The normalized spacial score (nSPS) is 17.3. The molecule has 0 unspecified atom stereocenters. The summed E-state index contributed by atoms with van der Waals surface area (Å²) in [5.74, 6) is -1.08. The molecule has 0 radical (unpaired) electrons. The molecule has 0 bridgehead atoms. The van der Waals surface area contributed by atoms with Gasteiger partial charge in [-0.05, 0) is 37.8 Å². The van der Waals surface area contributed by atoms with E-state index in [-0.39, 0.29) is 6.10 Å². The van der Waals surface area contributed by atoms with Crippen LogP contribution in [0, 0.1) is 0 Å². The highest BCUT2D eigenvalue weighted by molar-refractivity contribution is 6.39. The number of rotatable bonds is 5. The van der Waals surface area contributed by atoms with E-state index in [0.29, 0.717) is 18.8 Å². The Bertz CT molecular complexity index is 524. The van der Waals surface area contributed by atoms with Gasteiger partial charge in [0, 0.05) is 25.4 Å². The number of likely N-dealkylation sites (N-methyl/N-ethyl adjacent to an activating group) is 1. The summed E-state index contributed by atoms with van der Waals surface area (Å²) in [5.41, 5.74) is 1.72. The molecular weight excluding hydrogens is 280 g/mol. The van der Waals surface area contributed by atoms with E-state index in [1.54, 1.807) is 4.90 Å². The highest BCUT2D eigenvalue weighted by Crippen LogP contribution is 2.16. The van der Waals surface area contributed by atoms with Gasteiger partial charge in [-0.2, -0.15) is 0 Å². The van der Waals surface area contributed by atoms with Crippen LogP contribution in [0.25, 0.3) is 0 Å². The van der Waals surface area contributed by atoms with E-state index in [9.17, 15) is 9.59 Å². The van der Waals surface area contributed by atoms with Gasteiger partial charge in [-0.25, -0.2) is 0 Å². The maximum atomic E-state index is 12.3. The van der Waals surface area contributed by atoms with Crippen LogP contribution in [-0.2, 0) is 20.7 Å². The molecule has 2 rings (SSSR count). The fraction of sp³-hybridized carbons (Fsp3) is 0.529. The van der Waals surface area contributed by atoms with Crippen molar-refractivity contribution in [2.45, 2.75) is 39.2 Å². The molecule has 1 fully saturated rings. The molecule has 5 heteroatoms. The molecular formula is C17H24N2O3. The van der Waals surface area contributed by atoms with Gasteiger partial charge < -0.3 is 15.0 Å². The van der Waals surface area contributed by atoms with Crippen molar-refractivity contribution in [3.8, 4) is 0 Å². The van der Waals surface area contributed by atoms with Crippen LogP contribution < -0.4 is 5.32 Å². The molecule has 0 spiro atoms. The first-order chi connectivity index (χ1) is 10.7. The third-order valence-corrected chi connectivity index (χ3v) is 3.96. The first kappa shape index (κ1) is 16.5. The summed E-state index contributed by atoms with van der Waals surface area (Å²) < 4.78 is 5.54. The molecule has 1 aliphatic heterocycles. The first-order valence-electron chi connectivity index (χ1n) is 7.95. The second-order valence-corrected chi connectivity index (χ2v) is 5.44. The maximum absolute atomic E-state index is 12.3. The van der Waals surface area contributed by atoms with Crippen molar-refractivity contribution in [3.05, 3.63) is 29.8 Å². The quantitative estimate of drug-likeness (QED) is 0.849. The van der Waals surface area contributed by atoms with Crippen molar-refractivity contribution < 1.29 is 14.3 Å². The van der Waals surface area contributed by atoms with Crippen LogP contribution in [-0.4, -0.2) is 42.5 Å². The lowest BCUT2D eigenvalue weighted by Crippen LogP contribution is -2.43. The molecule has 1 heterocycles. The molecule has 1 atom stereocenters. The number of carbonyl (C=O) groups excluding carboxylic acids is 2. The van der Waals surface area contributed by atoms with E-state index in [1.807, 2.05) is 38.1 Å². The lowest BCUT2D eigenvalue weighted by molar-refractivity contribution is -0.144. The third-order valence-electron chi connectivity index (χ3n) is 3.96. The predicted octanol–water partition coefficient (Wildman–Crippen LogP) is 2.21. The number of hydrogen-bond acceptors (Lipinski definition) is 3. The summed E-state index contributed by atoms with van der Waals surface area (Å²) >= 11 is 0. The first-order valence-corrected chi connectivity index (χ1v) is 7.95. The standard InChI is InChI=1S/C17H24N2O3/c1-3-13-8-5-6-10-15(13)18-16(20)17(21)19(4-2)12-14-9-7-11-22-14/h5-6,8,10,14H,3-4,7,9,11-12H2,1-2H3,(H,18,20)/t14-/m1/s1. The van der Waals surface area contributed by atoms with E-state index < -0.39 is 11.8 Å². The summed E-state index contributed by atoms with van der Waals surface area (Å²) in [5, 5.41) is 2.73. The largest absolute Gasteiger partial charge is 0.376 e. The van der Waals surface area contributed by atoms with Crippen LogP contribution in [0.2, 0.25) is 0 Å². The number of hydrogen-bond donors (Lipinski definition) is 1. The van der Waals surface area contributed by atoms with Gasteiger partial charge >= 0.3 is 11.8 Å². The summed E-state index contributed by atoms with van der Waals surface area (Å²) in [6, 6.07) is 7.54. The van der Waals surface area contributed by atoms with Crippen LogP contribution in [0.15, 0.2) is 24.3 Å². The lowest BCUT2D eigenvalue weighted by atomic mass is 10.1. The van der Waals surface area contributed by atoms with Crippen LogP contribution >= 0.6 is 0 Å². The molecule has 22 heavy (non-hydrogen) atoms. The minimum Gasteiger partial charge on any atom is -0.376 e. The predicted molar refractivity (Wildman–Crippen MR) is 85.7 cm³/mol. The minimum atomic E-state index is -0.583. The number of anilines is 1. The number of carbonyl (C=O) groups is 2. The Balaban J connectivity index is 1.98. The summed E-state index contributed by atoms with van der Waals surface area (Å²) in [6.07, 6.45) is 2.83. The Hall–Kier alpha value is -1.88. The average Bonchev–Trinajstić information content (AvgIpc) is 3.05. The van der Waals surface area contributed by atoms with Gasteiger partial charge in [-0.1, -0.05) is 25.1 Å². The van der Waals surface area contributed by atoms with E-state index >= 15 is 0 Å². The number of para-hydroxylation sites is 1. The molecule has 1 N–H and O–H groups in total. The number of benzene rings is 1. The van der Waals surface area contributed by atoms with Crippen LogP contribution in [0.3, 0.4) is 0 Å². The Morgan fingerprint density at radius 3 is 2.73 bits per heavy atom. The molecule has 1 aromatic rings. The molecule has 2 amide bonds. The van der Waals surface area contributed by atoms with E-state index in [1.165, 1.54) is 0 Å². The zero-order valence-corrected chi connectivity index (χ0v) is 13.3. The Kier molecular flexibility index (Phi) is 5.95. The molecule has 0 saturated carbocycles. The van der Waals surface area contributed by atoms with Crippen molar-refractivity contribution in [1.82, 2.24) is 4.90 Å². The second kappa shape index (κ2) is 7.94. The van der Waals surface area contributed by atoms with Gasteiger partial charge in [0.2, 0.25) is 0 Å². The second-order valence-electron chi connectivity index (χ2n) is 5.44. The van der Waals surface area contributed by atoms with Crippen molar-refractivity contribution in [2.24, 2.45) is 0 Å². The number of nitrogens with one attached hydrogen (secondary N) is 1. The molecule has 1 aliphatic rings. The van der Waals surface area contributed by atoms with Crippen molar-refractivity contribution >= 4 is 17.5 Å². The Morgan fingerprint density at radius 1 is 1.32 bits per heavy atom. The Morgan fingerprint density at radius 2 is 2.09 bits per heavy atom. The summed E-state index contributed by atoms with van der Waals surface area (Å²) in [4.78, 5) is 26.1. The monoisotopic (exact) mass is 304 g/mol. The fourth-order valence-corrected chi connectivity index (χ4v) is 2.66. The fourth-order valence-electron chi connectivity index (χ4n) is 2.66. The molecule has 1 aromatic carbocycles.